The van der Waals surface area contributed by atoms with Gasteiger partial charge in [0.25, 0.3) is 0 Å². The maximum Gasteiger partial charge on any atom is 0.319 e. The molecule has 0 aromatic heterocycles. The van der Waals surface area contributed by atoms with Crippen LogP contribution in [-0.4, -0.2) is 36.9 Å². The molecule has 0 fully saturated rings. The number of carbonyl (C=O) groups is 1. The third-order valence-electron chi connectivity index (χ3n) is 3.41. The molecule has 4 nitrogen and oxygen atoms in total. The van der Waals surface area contributed by atoms with Crippen LogP contribution in [0.2, 0.25) is 0 Å². The van der Waals surface area contributed by atoms with Gasteiger partial charge in [-0.2, -0.15) is 0 Å². The number of carbonyl (C=O) groups excluding carboxylic acids is 1. The van der Waals surface area contributed by atoms with Gasteiger partial charge in [-0.25, -0.2) is 0 Å². The molecule has 0 radical (unpaired) electrons. The van der Waals surface area contributed by atoms with E-state index in [0.717, 1.165) is 37.2 Å². The van der Waals surface area contributed by atoms with Crippen molar-refractivity contribution in [3.63, 3.8) is 0 Å². The number of hydrogen-bond donors (Lipinski definition) is 1. The number of esters is 1. The van der Waals surface area contributed by atoms with Crippen LogP contribution < -0.4 is 5.32 Å². The van der Waals surface area contributed by atoms with E-state index in [1.807, 2.05) is 0 Å². The van der Waals surface area contributed by atoms with Gasteiger partial charge < -0.3 is 4.74 Å². The van der Waals surface area contributed by atoms with Crippen LogP contribution in [-0.2, 0) is 14.1 Å². The summed E-state index contributed by atoms with van der Waals surface area (Å²) >= 11 is 3.20. The second kappa shape index (κ2) is 16.8. The van der Waals surface area contributed by atoms with Crippen LogP contribution in [0.15, 0.2) is 0 Å². The van der Waals surface area contributed by atoms with Gasteiger partial charge in [-0.05, 0) is 19.3 Å². The highest BCUT2D eigenvalue weighted by Gasteiger charge is 2.23. The first-order chi connectivity index (χ1) is 11.6. The Labute approximate surface area is 156 Å². The average molecular weight is 398 g/mol. The van der Waals surface area contributed by atoms with Gasteiger partial charge in [0.05, 0.1) is 19.4 Å². The van der Waals surface area contributed by atoms with Crippen molar-refractivity contribution in [1.29, 1.82) is 0 Å². The van der Waals surface area contributed by atoms with Gasteiger partial charge in [-0.1, -0.05) is 75.6 Å². The quantitative estimate of drug-likeness (QED) is 0.187. The van der Waals surface area contributed by atoms with E-state index in [1.54, 1.807) is 22.8 Å². The molecule has 0 rings (SSSR count). The highest BCUT2D eigenvalue weighted by Crippen LogP contribution is 2.68. The molecule has 0 aliphatic heterocycles. The maximum atomic E-state index is 13.1. The maximum absolute atomic E-state index is 13.1. The lowest BCUT2D eigenvalue weighted by Crippen LogP contribution is -2.25. The Morgan fingerprint density at radius 3 is 1.96 bits per heavy atom. The molecular formula is C17H36NO3PS2. The van der Waals surface area contributed by atoms with E-state index in [2.05, 4.69) is 26.1 Å². The Bertz CT molecular complexity index is 341. The Balaban J connectivity index is 4.16. The number of rotatable bonds is 17. The molecule has 0 aromatic rings. The Morgan fingerprint density at radius 2 is 1.46 bits per heavy atom. The highest BCUT2D eigenvalue weighted by molar-refractivity contribution is 8.90. The summed E-state index contributed by atoms with van der Waals surface area (Å²) in [5.41, 5.74) is -2.37. The van der Waals surface area contributed by atoms with Crippen molar-refractivity contribution >= 4 is 34.3 Å². The SMILES string of the molecule is CCCCCSP(=O)(CNCC(=O)OCCCC)SCCCCC. The molecule has 0 amide bonds. The average Bonchev–Trinajstić information content (AvgIpc) is 2.56. The van der Waals surface area contributed by atoms with E-state index >= 15 is 0 Å². The molecule has 0 saturated carbocycles. The van der Waals surface area contributed by atoms with Crippen LogP contribution in [0.25, 0.3) is 0 Å². The van der Waals surface area contributed by atoms with Crippen LogP contribution in [0.1, 0.15) is 72.1 Å². The number of hydrogen-bond acceptors (Lipinski definition) is 6. The molecule has 0 saturated heterocycles. The lowest BCUT2D eigenvalue weighted by Gasteiger charge is -2.17. The first kappa shape index (κ1) is 24.4. The second-order valence-corrected chi connectivity index (χ2v) is 14.5. The highest BCUT2D eigenvalue weighted by atomic mass is 33.1. The van der Waals surface area contributed by atoms with Crippen molar-refractivity contribution in [2.45, 2.75) is 72.1 Å². The smallest absolute Gasteiger partial charge is 0.319 e. The van der Waals surface area contributed by atoms with Crippen LogP contribution in [0.5, 0.6) is 0 Å². The molecule has 0 heterocycles. The molecule has 7 heteroatoms. The number of nitrogens with one attached hydrogen (secondary N) is 1. The summed E-state index contributed by atoms with van der Waals surface area (Å²) in [6, 6.07) is 0. The molecule has 0 spiro atoms. The topological polar surface area (TPSA) is 55.4 Å². The lowest BCUT2D eigenvalue weighted by atomic mass is 10.3. The van der Waals surface area contributed by atoms with Crippen LogP contribution in [0.4, 0.5) is 0 Å². The van der Waals surface area contributed by atoms with Gasteiger partial charge >= 0.3 is 5.97 Å². The zero-order chi connectivity index (χ0) is 18.1. The summed E-state index contributed by atoms with van der Waals surface area (Å²) in [6.07, 6.45) is 9.26. The minimum Gasteiger partial charge on any atom is -0.465 e. The second-order valence-electron chi connectivity index (χ2n) is 5.85. The summed E-state index contributed by atoms with van der Waals surface area (Å²) in [5.74, 6) is 1.63. The third kappa shape index (κ3) is 14.7. The molecule has 0 unspecified atom stereocenters. The molecule has 0 bridgehead atoms. The molecule has 24 heavy (non-hydrogen) atoms. The van der Waals surface area contributed by atoms with Crippen molar-refractivity contribution in [2.75, 3.05) is 30.9 Å². The lowest BCUT2D eigenvalue weighted by molar-refractivity contribution is -0.142. The van der Waals surface area contributed by atoms with Gasteiger partial charge in [0.1, 0.15) is 0 Å². The van der Waals surface area contributed by atoms with Crippen molar-refractivity contribution in [1.82, 2.24) is 5.32 Å². The van der Waals surface area contributed by atoms with E-state index in [1.165, 1.54) is 25.7 Å². The summed E-state index contributed by atoms with van der Waals surface area (Å²) < 4.78 is 18.2. The first-order valence-electron chi connectivity index (χ1n) is 9.32. The summed E-state index contributed by atoms with van der Waals surface area (Å²) in [4.78, 5) is 11.6. The Morgan fingerprint density at radius 1 is 0.917 bits per heavy atom. The van der Waals surface area contributed by atoms with E-state index in [0.29, 0.717) is 12.9 Å². The van der Waals surface area contributed by atoms with E-state index in [9.17, 15) is 9.36 Å². The minimum absolute atomic E-state index is 0.152. The monoisotopic (exact) mass is 397 g/mol. The third-order valence-corrected chi connectivity index (χ3v) is 11.9. The van der Waals surface area contributed by atoms with Crippen LogP contribution >= 0.6 is 28.3 Å². The largest absolute Gasteiger partial charge is 0.465 e. The molecular weight excluding hydrogens is 361 g/mol. The molecule has 144 valence electrons. The predicted octanol–water partition coefficient (Wildman–Crippen LogP) is 5.92. The normalized spacial score (nSPS) is 11.6. The van der Waals surface area contributed by atoms with Gasteiger partial charge in [0.15, 0.2) is 0 Å². The summed E-state index contributed by atoms with van der Waals surface area (Å²) in [7, 11) is 0. The van der Waals surface area contributed by atoms with Crippen molar-refractivity contribution in [3.8, 4) is 0 Å². The van der Waals surface area contributed by atoms with Gasteiger partial charge in [-0.3, -0.25) is 14.7 Å². The Kier molecular flexibility index (Phi) is 17.1. The van der Waals surface area contributed by atoms with Crippen molar-refractivity contribution in [3.05, 3.63) is 0 Å². The fourth-order valence-corrected chi connectivity index (χ4v) is 9.56. The van der Waals surface area contributed by atoms with Crippen LogP contribution in [0, 0.1) is 0 Å². The molecule has 0 aliphatic rings. The number of unbranched alkanes of at least 4 members (excludes halogenated alkanes) is 5. The van der Waals surface area contributed by atoms with E-state index in [4.69, 9.17) is 4.74 Å². The van der Waals surface area contributed by atoms with Crippen LogP contribution in [0.3, 0.4) is 0 Å². The zero-order valence-corrected chi connectivity index (χ0v) is 18.2. The summed E-state index contributed by atoms with van der Waals surface area (Å²) in [5, 5.41) is 3.06. The predicted molar refractivity (Wildman–Crippen MR) is 110 cm³/mol. The fourth-order valence-electron chi connectivity index (χ4n) is 1.92. The van der Waals surface area contributed by atoms with Gasteiger partial charge in [-0.15, -0.1) is 0 Å². The summed E-state index contributed by atoms with van der Waals surface area (Å²) in [6.45, 7) is 7.05. The molecule has 0 aliphatic carbocycles. The Hall–Kier alpha value is 0.360. The molecule has 1 N–H and O–H groups in total. The van der Waals surface area contributed by atoms with E-state index in [-0.39, 0.29) is 12.5 Å². The van der Waals surface area contributed by atoms with Gasteiger partial charge in [0.2, 0.25) is 5.55 Å². The van der Waals surface area contributed by atoms with Crippen molar-refractivity contribution in [2.24, 2.45) is 0 Å². The molecule has 0 aromatic carbocycles. The number of ether oxygens (including phenoxy) is 1. The first-order valence-corrected chi connectivity index (χ1v) is 14.4. The zero-order valence-electron chi connectivity index (χ0n) is 15.7. The molecule has 0 atom stereocenters. The van der Waals surface area contributed by atoms with Crippen molar-refractivity contribution < 1.29 is 14.1 Å². The van der Waals surface area contributed by atoms with Gasteiger partial charge in [0, 0.05) is 11.5 Å². The standard InChI is InChI=1S/C17H36NO3PS2/c1-4-7-10-13-23-22(20,24-14-11-8-5-2)16-18-15-17(19)21-12-9-6-3/h18H,4-16H2,1-3H3. The minimum atomic E-state index is -2.37. The fraction of sp³-hybridized carbons (Fsp3) is 0.941. The van der Waals surface area contributed by atoms with E-state index < -0.39 is 5.55 Å².